The van der Waals surface area contributed by atoms with Crippen LogP contribution >= 0.6 is 24.0 Å². The number of rotatable bonds is 6. The number of hydrogen-bond acceptors (Lipinski definition) is 4. The maximum Gasteiger partial charge on any atom is 0.225 e. The molecule has 31 heavy (non-hydrogen) atoms. The Labute approximate surface area is 201 Å². The molecule has 2 fully saturated rings. The molecule has 0 aromatic heterocycles. The number of nitrogens with one attached hydrogen (secondary N) is 1. The number of morpholine rings is 1. The summed E-state index contributed by atoms with van der Waals surface area (Å²) in [6, 6.07) is 6.14. The number of nitrogens with zero attached hydrogens (tertiary/aromatic N) is 3. The zero-order valence-corrected chi connectivity index (χ0v) is 20.7. The molecular weight excluding hydrogens is 514 g/mol. The van der Waals surface area contributed by atoms with E-state index in [-0.39, 0.29) is 47.7 Å². The average Bonchev–Trinajstić information content (AvgIpc) is 2.77. The number of aliphatic imine (C=N–C) groups is 1. The van der Waals surface area contributed by atoms with Crippen molar-refractivity contribution in [2.24, 2.45) is 10.9 Å². The zero-order chi connectivity index (χ0) is 21.3. The van der Waals surface area contributed by atoms with E-state index < -0.39 is 0 Å². The van der Waals surface area contributed by atoms with Crippen LogP contribution in [0.3, 0.4) is 0 Å². The lowest BCUT2D eigenvalue weighted by Crippen LogP contribution is -2.50. The Morgan fingerprint density at radius 1 is 1.26 bits per heavy atom. The summed E-state index contributed by atoms with van der Waals surface area (Å²) in [5.74, 6) is 1.37. The summed E-state index contributed by atoms with van der Waals surface area (Å²) in [6.45, 7) is 9.46. The van der Waals surface area contributed by atoms with Crippen molar-refractivity contribution in [1.29, 1.82) is 0 Å². The number of guanidine groups is 1. The van der Waals surface area contributed by atoms with Gasteiger partial charge in [-0.25, -0.2) is 9.38 Å². The number of hydrogen-bond donors (Lipinski definition) is 1. The maximum atomic E-state index is 13.3. The second kappa shape index (κ2) is 13.0. The predicted octanol–water partition coefficient (Wildman–Crippen LogP) is 2.75. The van der Waals surface area contributed by atoms with E-state index in [0.717, 1.165) is 38.4 Å². The number of likely N-dealkylation sites (tertiary alicyclic amines) is 1. The quantitative estimate of drug-likeness (QED) is 0.337. The van der Waals surface area contributed by atoms with Gasteiger partial charge in [-0.05, 0) is 38.8 Å². The molecule has 0 saturated carbocycles. The van der Waals surface area contributed by atoms with E-state index in [0.29, 0.717) is 38.6 Å². The molecule has 1 atom stereocenters. The summed E-state index contributed by atoms with van der Waals surface area (Å²) >= 11 is 0. The van der Waals surface area contributed by atoms with Gasteiger partial charge in [-0.3, -0.25) is 4.79 Å². The van der Waals surface area contributed by atoms with Crippen molar-refractivity contribution < 1.29 is 18.7 Å². The van der Waals surface area contributed by atoms with Crippen molar-refractivity contribution in [2.45, 2.75) is 32.8 Å². The summed E-state index contributed by atoms with van der Waals surface area (Å²) in [5, 5.41) is 3.34. The predicted molar refractivity (Wildman–Crippen MR) is 130 cm³/mol. The SMILES string of the molecule is CCNC(=NCC(C)Oc1cccc(F)c1)N1CCC(C(=O)N2CCOCC2)CC1.I. The van der Waals surface area contributed by atoms with E-state index >= 15 is 0 Å². The minimum atomic E-state index is -0.314. The standard InChI is InChI=1S/C22H33FN4O3.HI/c1-3-24-22(25-16-17(2)30-20-6-4-5-19(23)15-20)27-9-7-18(8-10-27)21(28)26-11-13-29-14-12-26;/h4-6,15,17-18H,3,7-14,16H2,1-2H3,(H,24,25);1H. The van der Waals surface area contributed by atoms with E-state index in [1.807, 2.05) is 18.7 Å². The van der Waals surface area contributed by atoms with Gasteiger partial charge in [-0.2, -0.15) is 0 Å². The molecule has 2 heterocycles. The van der Waals surface area contributed by atoms with Gasteiger partial charge in [0.15, 0.2) is 5.96 Å². The van der Waals surface area contributed by atoms with E-state index in [9.17, 15) is 9.18 Å². The molecule has 9 heteroatoms. The number of amides is 1. The molecule has 2 aliphatic rings. The fourth-order valence-corrected chi connectivity index (χ4v) is 3.83. The highest BCUT2D eigenvalue weighted by Crippen LogP contribution is 2.21. The molecule has 2 saturated heterocycles. The van der Waals surface area contributed by atoms with Crippen LogP contribution in [0, 0.1) is 11.7 Å². The Hall–Kier alpha value is -1.62. The minimum absolute atomic E-state index is 0. The molecule has 1 amide bonds. The van der Waals surface area contributed by atoms with Crippen molar-refractivity contribution in [2.75, 3.05) is 52.5 Å². The summed E-state index contributed by atoms with van der Waals surface area (Å²) in [4.78, 5) is 21.6. The largest absolute Gasteiger partial charge is 0.489 e. The molecule has 2 aliphatic heterocycles. The van der Waals surface area contributed by atoms with Crippen LogP contribution in [0.5, 0.6) is 5.75 Å². The minimum Gasteiger partial charge on any atom is -0.489 e. The van der Waals surface area contributed by atoms with Crippen molar-refractivity contribution in [3.63, 3.8) is 0 Å². The smallest absolute Gasteiger partial charge is 0.225 e. The van der Waals surface area contributed by atoms with E-state index in [1.165, 1.54) is 12.1 Å². The van der Waals surface area contributed by atoms with Crippen molar-refractivity contribution in [1.82, 2.24) is 15.1 Å². The third-order valence-electron chi connectivity index (χ3n) is 5.43. The molecular formula is C22H34FIN4O3. The highest BCUT2D eigenvalue weighted by atomic mass is 127. The highest BCUT2D eigenvalue weighted by molar-refractivity contribution is 14.0. The van der Waals surface area contributed by atoms with Crippen LogP contribution in [-0.4, -0.2) is 80.3 Å². The van der Waals surface area contributed by atoms with Crippen molar-refractivity contribution in [3.8, 4) is 5.75 Å². The number of carbonyl (C=O) groups is 1. The van der Waals surface area contributed by atoms with Crippen LogP contribution in [0.2, 0.25) is 0 Å². The Kier molecular flexibility index (Phi) is 10.8. The molecule has 0 aliphatic carbocycles. The molecule has 174 valence electrons. The Morgan fingerprint density at radius 2 is 1.97 bits per heavy atom. The number of piperidine rings is 1. The van der Waals surface area contributed by atoms with Crippen LogP contribution in [0.25, 0.3) is 0 Å². The number of benzene rings is 1. The molecule has 0 bridgehead atoms. The fraction of sp³-hybridized carbons (Fsp3) is 0.636. The number of ether oxygens (including phenoxy) is 2. The van der Waals surface area contributed by atoms with Gasteiger partial charge in [-0.1, -0.05) is 6.07 Å². The third kappa shape index (κ3) is 7.78. The van der Waals surface area contributed by atoms with Gasteiger partial charge >= 0.3 is 0 Å². The van der Waals surface area contributed by atoms with E-state index in [2.05, 4.69) is 10.2 Å². The van der Waals surface area contributed by atoms with Crippen LogP contribution in [0.1, 0.15) is 26.7 Å². The molecule has 7 nitrogen and oxygen atoms in total. The first-order chi connectivity index (χ1) is 14.6. The van der Waals surface area contributed by atoms with Crippen LogP contribution in [0.15, 0.2) is 29.3 Å². The van der Waals surface area contributed by atoms with Crippen molar-refractivity contribution in [3.05, 3.63) is 30.1 Å². The lowest BCUT2D eigenvalue weighted by molar-refractivity contribution is -0.140. The first kappa shape index (κ1) is 25.6. The Morgan fingerprint density at radius 3 is 2.61 bits per heavy atom. The summed E-state index contributed by atoms with van der Waals surface area (Å²) in [5.41, 5.74) is 0. The van der Waals surface area contributed by atoms with Gasteiger partial charge in [0.1, 0.15) is 17.7 Å². The summed E-state index contributed by atoms with van der Waals surface area (Å²) in [7, 11) is 0. The molecule has 0 radical (unpaired) electrons. The van der Waals surface area contributed by atoms with Gasteiger partial charge in [0, 0.05) is 44.7 Å². The molecule has 0 spiro atoms. The Balaban J connectivity index is 0.00000341. The van der Waals surface area contributed by atoms with Gasteiger partial charge in [-0.15, -0.1) is 24.0 Å². The van der Waals surface area contributed by atoms with Crippen LogP contribution in [0.4, 0.5) is 4.39 Å². The molecule has 3 rings (SSSR count). The Bertz CT molecular complexity index is 722. The zero-order valence-electron chi connectivity index (χ0n) is 18.4. The molecule has 1 unspecified atom stereocenters. The maximum absolute atomic E-state index is 13.3. The van der Waals surface area contributed by atoms with Gasteiger partial charge < -0.3 is 24.6 Å². The molecule has 1 aromatic rings. The monoisotopic (exact) mass is 548 g/mol. The molecule has 1 N–H and O–H groups in total. The highest BCUT2D eigenvalue weighted by Gasteiger charge is 2.30. The van der Waals surface area contributed by atoms with E-state index in [4.69, 9.17) is 14.5 Å². The summed E-state index contributed by atoms with van der Waals surface area (Å²) in [6.07, 6.45) is 1.48. The van der Waals surface area contributed by atoms with Crippen LogP contribution in [-0.2, 0) is 9.53 Å². The van der Waals surface area contributed by atoms with Gasteiger partial charge in [0.05, 0.1) is 19.8 Å². The topological polar surface area (TPSA) is 66.4 Å². The third-order valence-corrected chi connectivity index (χ3v) is 5.43. The normalized spacial score (nSPS) is 18.9. The van der Waals surface area contributed by atoms with Crippen molar-refractivity contribution >= 4 is 35.8 Å². The first-order valence-electron chi connectivity index (χ1n) is 10.9. The first-order valence-corrected chi connectivity index (χ1v) is 10.9. The van der Waals surface area contributed by atoms with E-state index in [1.54, 1.807) is 12.1 Å². The fourth-order valence-electron chi connectivity index (χ4n) is 3.83. The van der Waals surface area contributed by atoms with Gasteiger partial charge in [0.25, 0.3) is 0 Å². The summed E-state index contributed by atoms with van der Waals surface area (Å²) < 4.78 is 24.4. The lowest BCUT2D eigenvalue weighted by Gasteiger charge is -2.36. The van der Waals surface area contributed by atoms with Crippen LogP contribution < -0.4 is 10.1 Å². The number of halogens is 2. The average molecular weight is 548 g/mol. The lowest BCUT2D eigenvalue weighted by atomic mass is 9.95. The second-order valence-corrected chi connectivity index (χ2v) is 7.78. The molecule has 1 aromatic carbocycles. The number of carbonyl (C=O) groups excluding carboxylic acids is 1. The van der Waals surface area contributed by atoms with Gasteiger partial charge in [0.2, 0.25) is 5.91 Å². The second-order valence-electron chi connectivity index (χ2n) is 7.78.